The third-order valence-electron chi connectivity index (χ3n) is 3.26. The van der Waals surface area contributed by atoms with Crippen LogP contribution in [0, 0.1) is 0 Å². The Hall–Kier alpha value is -1.11. The summed E-state index contributed by atoms with van der Waals surface area (Å²) in [7, 11) is -3.57. The molecule has 0 saturated carbocycles. The Labute approximate surface area is 127 Å². The monoisotopic (exact) mass is 313 g/mol. The smallest absolute Gasteiger partial charge is 0.310 e. The maximum Gasteiger partial charge on any atom is 0.310 e. The molecule has 0 N–H and O–H groups in total. The van der Waals surface area contributed by atoms with Crippen molar-refractivity contribution in [2.45, 2.75) is 32.5 Å². The number of benzene rings is 1. The van der Waals surface area contributed by atoms with E-state index in [0.717, 1.165) is 13.1 Å². The second kappa shape index (κ2) is 6.34. The van der Waals surface area contributed by atoms with E-state index >= 15 is 0 Å². The first-order valence-electron chi connectivity index (χ1n) is 7.13. The molecule has 0 amide bonds. The van der Waals surface area contributed by atoms with Crippen LogP contribution in [-0.4, -0.2) is 50.4 Å². The SMILES string of the molecule is CC1CN(CCS(=O)(=O)Oc2ccccc2)CC(C)(C)O1. The van der Waals surface area contributed by atoms with E-state index in [2.05, 4.69) is 4.90 Å². The molecule has 1 aliphatic rings. The first kappa shape index (κ1) is 16.3. The highest BCUT2D eigenvalue weighted by Crippen LogP contribution is 2.20. The van der Waals surface area contributed by atoms with Gasteiger partial charge in [-0.25, -0.2) is 0 Å². The molecule has 0 radical (unpaired) electrons. The summed E-state index contributed by atoms with van der Waals surface area (Å²) in [5.41, 5.74) is -0.248. The van der Waals surface area contributed by atoms with Crippen molar-refractivity contribution in [3.8, 4) is 5.75 Å². The molecule has 1 heterocycles. The Balaban J connectivity index is 1.90. The molecule has 0 aromatic heterocycles. The Bertz CT molecular complexity index is 556. The number of ether oxygens (including phenoxy) is 1. The summed E-state index contributed by atoms with van der Waals surface area (Å²) in [5.74, 6) is 0.332. The molecule has 1 atom stereocenters. The van der Waals surface area contributed by atoms with Crippen LogP contribution >= 0.6 is 0 Å². The van der Waals surface area contributed by atoms with Gasteiger partial charge in [-0.15, -0.1) is 0 Å². The topological polar surface area (TPSA) is 55.8 Å². The van der Waals surface area contributed by atoms with E-state index in [4.69, 9.17) is 8.92 Å². The lowest BCUT2D eigenvalue weighted by Crippen LogP contribution is -2.52. The average Bonchev–Trinajstić information content (AvgIpc) is 2.35. The first-order chi connectivity index (χ1) is 9.76. The highest BCUT2D eigenvalue weighted by Gasteiger charge is 2.31. The summed E-state index contributed by atoms with van der Waals surface area (Å²) in [4.78, 5) is 2.11. The zero-order chi connectivity index (χ0) is 15.5. The van der Waals surface area contributed by atoms with Crippen LogP contribution in [0.5, 0.6) is 5.75 Å². The Morgan fingerprint density at radius 1 is 1.33 bits per heavy atom. The molecule has 21 heavy (non-hydrogen) atoms. The van der Waals surface area contributed by atoms with Crippen LogP contribution in [0.4, 0.5) is 0 Å². The zero-order valence-electron chi connectivity index (χ0n) is 12.8. The van der Waals surface area contributed by atoms with Crippen molar-refractivity contribution in [2.75, 3.05) is 25.4 Å². The van der Waals surface area contributed by atoms with Crippen molar-refractivity contribution in [1.82, 2.24) is 4.90 Å². The van der Waals surface area contributed by atoms with Gasteiger partial charge in [-0.2, -0.15) is 8.42 Å². The second-order valence-electron chi connectivity index (χ2n) is 6.08. The maximum atomic E-state index is 12.0. The van der Waals surface area contributed by atoms with Crippen molar-refractivity contribution >= 4 is 10.1 Å². The summed E-state index contributed by atoms with van der Waals surface area (Å²) in [6.07, 6.45) is 0.103. The first-order valence-corrected chi connectivity index (χ1v) is 8.71. The van der Waals surface area contributed by atoms with Gasteiger partial charge < -0.3 is 8.92 Å². The fourth-order valence-electron chi connectivity index (χ4n) is 2.66. The van der Waals surface area contributed by atoms with Gasteiger partial charge in [-0.05, 0) is 32.9 Å². The Morgan fingerprint density at radius 2 is 2.00 bits per heavy atom. The quantitative estimate of drug-likeness (QED) is 0.777. The van der Waals surface area contributed by atoms with E-state index in [1.54, 1.807) is 24.3 Å². The van der Waals surface area contributed by atoms with Crippen molar-refractivity contribution in [3.05, 3.63) is 30.3 Å². The number of hydrogen-bond donors (Lipinski definition) is 0. The highest BCUT2D eigenvalue weighted by molar-refractivity contribution is 7.87. The van der Waals surface area contributed by atoms with E-state index < -0.39 is 10.1 Å². The predicted molar refractivity (Wildman–Crippen MR) is 81.9 cm³/mol. The molecule has 6 heteroatoms. The normalized spacial score (nSPS) is 22.9. The van der Waals surface area contributed by atoms with Crippen LogP contribution < -0.4 is 4.18 Å². The van der Waals surface area contributed by atoms with Gasteiger partial charge in [0.15, 0.2) is 0 Å². The van der Waals surface area contributed by atoms with Gasteiger partial charge in [0.25, 0.3) is 0 Å². The number of hydrogen-bond acceptors (Lipinski definition) is 5. The van der Waals surface area contributed by atoms with Crippen molar-refractivity contribution in [2.24, 2.45) is 0 Å². The molecular weight excluding hydrogens is 290 g/mol. The molecule has 1 aromatic carbocycles. The van der Waals surface area contributed by atoms with Gasteiger partial charge in [-0.3, -0.25) is 4.90 Å². The molecule has 1 aliphatic heterocycles. The molecule has 2 rings (SSSR count). The van der Waals surface area contributed by atoms with E-state index in [1.165, 1.54) is 0 Å². The minimum absolute atomic E-state index is 0.0231. The van der Waals surface area contributed by atoms with Crippen molar-refractivity contribution in [1.29, 1.82) is 0 Å². The molecule has 1 aromatic rings. The van der Waals surface area contributed by atoms with Gasteiger partial charge in [0.1, 0.15) is 5.75 Å². The van der Waals surface area contributed by atoms with Crippen molar-refractivity contribution < 1.29 is 17.3 Å². The van der Waals surface area contributed by atoms with E-state index in [0.29, 0.717) is 12.3 Å². The van der Waals surface area contributed by atoms with Crippen molar-refractivity contribution in [3.63, 3.8) is 0 Å². The number of nitrogens with zero attached hydrogens (tertiary/aromatic N) is 1. The lowest BCUT2D eigenvalue weighted by atomic mass is 10.1. The second-order valence-corrected chi connectivity index (χ2v) is 7.77. The fraction of sp³-hybridized carbons (Fsp3) is 0.600. The molecule has 118 valence electrons. The van der Waals surface area contributed by atoms with Gasteiger partial charge >= 0.3 is 10.1 Å². The summed E-state index contributed by atoms with van der Waals surface area (Å²) in [5, 5.41) is 0. The summed E-state index contributed by atoms with van der Waals surface area (Å²) in [6, 6.07) is 8.58. The van der Waals surface area contributed by atoms with Gasteiger partial charge in [0, 0.05) is 19.6 Å². The number of rotatable bonds is 5. The molecule has 0 aliphatic carbocycles. The zero-order valence-corrected chi connectivity index (χ0v) is 13.6. The van der Waals surface area contributed by atoms with Crippen LogP contribution in [0.2, 0.25) is 0 Å². The van der Waals surface area contributed by atoms with Crippen LogP contribution in [0.25, 0.3) is 0 Å². The molecule has 1 fully saturated rings. The summed E-state index contributed by atoms with van der Waals surface area (Å²) in [6.45, 7) is 7.95. The molecule has 0 bridgehead atoms. The minimum Gasteiger partial charge on any atom is -0.382 e. The van der Waals surface area contributed by atoms with Crippen LogP contribution in [0.1, 0.15) is 20.8 Å². The largest absolute Gasteiger partial charge is 0.382 e. The maximum absolute atomic E-state index is 12.0. The van der Waals surface area contributed by atoms with E-state index in [1.807, 2.05) is 26.8 Å². The lowest BCUT2D eigenvalue weighted by molar-refractivity contribution is -0.127. The average molecular weight is 313 g/mol. The Morgan fingerprint density at radius 3 is 2.62 bits per heavy atom. The van der Waals surface area contributed by atoms with Crippen LogP contribution in [0.3, 0.4) is 0 Å². The van der Waals surface area contributed by atoms with Gasteiger partial charge in [-0.1, -0.05) is 18.2 Å². The Kier molecular flexibility index (Phi) is 4.91. The molecule has 0 spiro atoms. The standard InChI is InChI=1S/C15H23NO4S/c1-13-11-16(12-15(2,3)19-13)9-10-21(17,18)20-14-7-5-4-6-8-14/h4-8,13H,9-12H2,1-3H3. The van der Waals surface area contributed by atoms with E-state index in [-0.39, 0.29) is 17.5 Å². The van der Waals surface area contributed by atoms with Gasteiger partial charge in [0.05, 0.1) is 17.5 Å². The van der Waals surface area contributed by atoms with Crippen LogP contribution in [-0.2, 0) is 14.9 Å². The summed E-state index contributed by atoms with van der Waals surface area (Å²) < 4.78 is 34.9. The molecule has 1 unspecified atom stereocenters. The van der Waals surface area contributed by atoms with E-state index in [9.17, 15) is 8.42 Å². The molecule has 5 nitrogen and oxygen atoms in total. The molecular formula is C15H23NO4S. The summed E-state index contributed by atoms with van der Waals surface area (Å²) >= 11 is 0. The minimum atomic E-state index is -3.57. The number of morpholine rings is 1. The van der Waals surface area contributed by atoms with Crippen LogP contribution in [0.15, 0.2) is 30.3 Å². The highest BCUT2D eigenvalue weighted by atomic mass is 32.2. The number of para-hydroxylation sites is 1. The third kappa shape index (κ3) is 5.30. The molecule has 1 saturated heterocycles. The lowest BCUT2D eigenvalue weighted by Gasteiger charge is -2.41. The fourth-order valence-corrected chi connectivity index (χ4v) is 3.63. The van der Waals surface area contributed by atoms with Gasteiger partial charge in [0.2, 0.25) is 0 Å². The predicted octanol–water partition coefficient (Wildman–Crippen LogP) is 1.89. The third-order valence-corrected chi connectivity index (χ3v) is 4.39.